The van der Waals surface area contributed by atoms with Crippen molar-refractivity contribution in [2.45, 2.75) is 44.7 Å². The molecule has 4 nitrogen and oxygen atoms in total. The summed E-state index contributed by atoms with van der Waals surface area (Å²) in [5, 5.41) is 9.22. The molecule has 2 atom stereocenters. The highest BCUT2D eigenvalue weighted by Crippen LogP contribution is 2.35. The maximum Gasteiger partial charge on any atom is 0.407 e. The first-order valence-corrected chi connectivity index (χ1v) is 7.21. The molecule has 1 fully saturated rings. The molecule has 1 aliphatic heterocycles. The zero-order valence-corrected chi connectivity index (χ0v) is 12.2. The minimum atomic E-state index is -0.815. The van der Waals surface area contributed by atoms with Gasteiger partial charge in [-0.1, -0.05) is 30.3 Å². The van der Waals surface area contributed by atoms with Crippen molar-refractivity contribution >= 4 is 6.09 Å². The fourth-order valence-corrected chi connectivity index (χ4v) is 3.20. The van der Waals surface area contributed by atoms with E-state index in [2.05, 4.69) is 0 Å². The van der Waals surface area contributed by atoms with Crippen LogP contribution in [0, 0.1) is 5.92 Å². The van der Waals surface area contributed by atoms with E-state index in [9.17, 15) is 9.90 Å². The smallest absolute Gasteiger partial charge is 0.407 e. The average molecular weight is 276 g/mol. The number of carbonyl (C=O) groups is 1. The number of benzene rings is 1. The van der Waals surface area contributed by atoms with Crippen LogP contribution in [0.5, 0.6) is 0 Å². The Morgan fingerprint density at radius 3 is 2.65 bits per heavy atom. The lowest BCUT2D eigenvalue weighted by Gasteiger charge is -2.28. The molecule has 0 aliphatic carbocycles. The van der Waals surface area contributed by atoms with E-state index < -0.39 is 6.09 Å². The SMILES string of the molecule is CC1(C)C[C@H](CCC(N)c2ccccc2)CN1C(=O)O. The van der Waals surface area contributed by atoms with Gasteiger partial charge in [-0.05, 0) is 44.6 Å². The molecular weight excluding hydrogens is 252 g/mol. The molecule has 1 amide bonds. The van der Waals surface area contributed by atoms with E-state index in [0.717, 1.165) is 24.8 Å². The molecule has 1 aliphatic rings. The zero-order chi connectivity index (χ0) is 14.8. The second-order valence-corrected chi connectivity index (χ2v) is 6.37. The van der Waals surface area contributed by atoms with Gasteiger partial charge in [0, 0.05) is 18.1 Å². The molecule has 0 spiro atoms. The van der Waals surface area contributed by atoms with Crippen LogP contribution in [0.25, 0.3) is 0 Å². The molecule has 0 bridgehead atoms. The number of hydrogen-bond acceptors (Lipinski definition) is 2. The lowest BCUT2D eigenvalue weighted by Crippen LogP contribution is -2.41. The summed E-state index contributed by atoms with van der Waals surface area (Å²) in [7, 11) is 0. The Hall–Kier alpha value is -1.55. The number of amides is 1. The predicted octanol–water partition coefficient (Wildman–Crippen LogP) is 3.25. The van der Waals surface area contributed by atoms with Crippen molar-refractivity contribution < 1.29 is 9.90 Å². The van der Waals surface area contributed by atoms with Crippen molar-refractivity contribution in [1.82, 2.24) is 4.90 Å². The van der Waals surface area contributed by atoms with Crippen LogP contribution in [0.2, 0.25) is 0 Å². The van der Waals surface area contributed by atoms with Gasteiger partial charge >= 0.3 is 6.09 Å². The Bertz CT molecular complexity index is 459. The highest BCUT2D eigenvalue weighted by atomic mass is 16.4. The Kier molecular flexibility index (Phi) is 4.33. The van der Waals surface area contributed by atoms with Crippen LogP contribution in [0.15, 0.2) is 30.3 Å². The topological polar surface area (TPSA) is 66.6 Å². The molecule has 4 heteroatoms. The summed E-state index contributed by atoms with van der Waals surface area (Å²) in [6.07, 6.45) is 1.98. The largest absolute Gasteiger partial charge is 0.465 e. The summed E-state index contributed by atoms with van der Waals surface area (Å²) in [5.74, 6) is 0.413. The van der Waals surface area contributed by atoms with Crippen LogP contribution < -0.4 is 5.73 Å². The normalized spacial score (nSPS) is 22.8. The first-order chi connectivity index (χ1) is 9.40. The van der Waals surface area contributed by atoms with Gasteiger partial charge in [0.05, 0.1) is 0 Å². The third-order valence-electron chi connectivity index (χ3n) is 4.30. The molecule has 0 saturated carbocycles. The maximum absolute atomic E-state index is 11.2. The summed E-state index contributed by atoms with van der Waals surface area (Å²) in [6, 6.07) is 10.1. The zero-order valence-electron chi connectivity index (χ0n) is 12.2. The lowest BCUT2D eigenvalue weighted by atomic mass is 9.91. The highest BCUT2D eigenvalue weighted by molar-refractivity contribution is 5.66. The van der Waals surface area contributed by atoms with Crippen LogP contribution in [0.3, 0.4) is 0 Å². The Morgan fingerprint density at radius 2 is 2.10 bits per heavy atom. The Balaban J connectivity index is 1.88. The molecule has 1 heterocycles. The molecule has 1 aromatic rings. The number of rotatable bonds is 4. The molecule has 1 aromatic carbocycles. The second-order valence-electron chi connectivity index (χ2n) is 6.37. The van der Waals surface area contributed by atoms with Crippen LogP contribution in [0.4, 0.5) is 4.79 Å². The van der Waals surface area contributed by atoms with Crippen LogP contribution in [-0.2, 0) is 0 Å². The van der Waals surface area contributed by atoms with Crippen molar-refractivity contribution in [1.29, 1.82) is 0 Å². The van der Waals surface area contributed by atoms with Gasteiger partial charge in [-0.15, -0.1) is 0 Å². The summed E-state index contributed by atoms with van der Waals surface area (Å²) < 4.78 is 0. The van der Waals surface area contributed by atoms with Crippen LogP contribution >= 0.6 is 0 Å². The number of carboxylic acid groups (broad SMARTS) is 1. The van der Waals surface area contributed by atoms with E-state index in [1.165, 1.54) is 0 Å². The standard InChI is InChI=1S/C16H24N2O2/c1-16(2)10-12(11-18(16)15(19)20)8-9-14(17)13-6-4-3-5-7-13/h3-7,12,14H,8-11,17H2,1-2H3,(H,19,20)/t12-,14?/m0/s1. The van der Waals surface area contributed by atoms with Gasteiger partial charge in [-0.25, -0.2) is 4.79 Å². The first kappa shape index (κ1) is 14.9. The summed E-state index contributed by atoms with van der Waals surface area (Å²) in [6.45, 7) is 4.63. The van der Waals surface area contributed by atoms with Crippen molar-refractivity contribution in [3.05, 3.63) is 35.9 Å². The number of nitrogens with two attached hydrogens (primary N) is 1. The molecule has 2 rings (SSSR count). The molecule has 3 N–H and O–H groups in total. The van der Waals surface area contributed by atoms with Crippen molar-refractivity contribution in [2.24, 2.45) is 11.7 Å². The van der Waals surface area contributed by atoms with Gasteiger partial charge in [-0.3, -0.25) is 0 Å². The first-order valence-electron chi connectivity index (χ1n) is 7.21. The quantitative estimate of drug-likeness (QED) is 0.887. The third kappa shape index (κ3) is 3.31. The number of hydrogen-bond donors (Lipinski definition) is 2. The van der Waals surface area contributed by atoms with E-state index in [1.54, 1.807) is 4.90 Å². The van der Waals surface area contributed by atoms with Gasteiger partial charge in [0.15, 0.2) is 0 Å². The fourth-order valence-electron chi connectivity index (χ4n) is 3.20. The molecule has 0 radical (unpaired) electrons. The van der Waals surface area contributed by atoms with Crippen molar-refractivity contribution in [3.8, 4) is 0 Å². The fraction of sp³-hybridized carbons (Fsp3) is 0.562. The van der Waals surface area contributed by atoms with Gasteiger partial charge < -0.3 is 15.7 Å². The predicted molar refractivity (Wildman–Crippen MR) is 79.5 cm³/mol. The van der Waals surface area contributed by atoms with Crippen molar-refractivity contribution in [2.75, 3.05) is 6.54 Å². The molecular formula is C16H24N2O2. The van der Waals surface area contributed by atoms with Gasteiger partial charge in [0.1, 0.15) is 0 Å². The van der Waals surface area contributed by atoms with E-state index in [0.29, 0.717) is 12.5 Å². The number of likely N-dealkylation sites (tertiary alicyclic amines) is 1. The maximum atomic E-state index is 11.2. The Morgan fingerprint density at radius 1 is 1.45 bits per heavy atom. The summed E-state index contributed by atoms with van der Waals surface area (Å²) in [5.41, 5.74) is 7.10. The average Bonchev–Trinajstić information content (AvgIpc) is 2.72. The van der Waals surface area contributed by atoms with E-state index in [-0.39, 0.29) is 11.6 Å². The number of nitrogens with zero attached hydrogens (tertiary/aromatic N) is 1. The lowest BCUT2D eigenvalue weighted by molar-refractivity contribution is 0.117. The van der Waals surface area contributed by atoms with Gasteiger partial charge in [-0.2, -0.15) is 0 Å². The second kappa shape index (κ2) is 5.83. The third-order valence-corrected chi connectivity index (χ3v) is 4.30. The Labute approximate surface area is 120 Å². The van der Waals surface area contributed by atoms with Crippen LogP contribution in [0.1, 0.15) is 44.7 Å². The van der Waals surface area contributed by atoms with Crippen LogP contribution in [-0.4, -0.2) is 28.2 Å². The van der Waals surface area contributed by atoms with E-state index in [4.69, 9.17) is 5.73 Å². The molecule has 1 saturated heterocycles. The van der Waals surface area contributed by atoms with Gasteiger partial charge in [0.25, 0.3) is 0 Å². The van der Waals surface area contributed by atoms with E-state index in [1.807, 2.05) is 44.2 Å². The van der Waals surface area contributed by atoms with Gasteiger partial charge in [0.2, 0.25) is 0 Å². The minimum Gasteiger partial charge on any atom is -0.465 e. The molecule has 20 heavy (non-hydrogen) atoms. The summed E-state index contributed by atoms with van der Waals surface area (Å²) >= 11 is 0. The van der Waals surface area contributed by atoms with E-state index >= 15 is 0 Å². The molecule has 110 valence electrons. The molecule has 0 aromatic heterocycles. The summed E-state index contributed by atoms with van der Waals surface area (Å²) in [4.78, 5) is 12.8. The minimum absolute atomic E-state index is 0.0400. The van der Waals surface area contributed by atoms with Crippen molar-refractivity contribution in [3.63, 3.8) is 0 Å². The molecule has 1 unspecified atom stereocenters. The highest BCUT2D eigenvalue weighted by Gasteiger charge is 2.40. The monoisotopic (exact) mass is 276 g/mol.